The number of likely N-dealkylation sites (N-methyl/N-ethyl adjacent to an activating group) is 1. The van der Waals surface area contributed by atoms with E-state index in [-0.39, 0.29) is 17.7 Å². The minimum atomic E-state index is -1.04. The average Bonchev–Trinajstić information content (AvgIpc) is 3.03. The highest BCUT2D eigenvalue weighted by atomic mass is 16.5. The van der Waals surface area contributed by atoms with Gasteiger partial charge in [-0.25, -0.2) is 4.79 Å². The third-order valence-corrected chi connectivity index (χ3v) is 3.98. The van der Waals surface area contributed by atoms with E-state index in [0.717, 1.165) is 19.4 Å². The van der Waals surface area contributed by atoms with Gasteiger partial charge in [0.15, 0.2) is 0 Å². The molecule has 0 saturated carbocycles. The Labute approximate surface area is 124 Å². The zero-order chi connectivity index (χ0) is 15.6. The molecule has 2 rings (SSSR count). The first-order chi connectivity index (χ1) is 9.95. The molecule has 1 aliphatic heterocycles. The number of aryl methyl sites for hydroxylation is 1. The van der Waals surface area contributed by atoms with E-state index in [1.54, 1.807) is 18.7 Å². The van der Waals surface area contributed by atoms with Crippen LogP contribution in [0.25, 0.3) is 0 Å². The van der Waals surface area contributed by atoms with E-state index in [0.29, 0.717) is 29.9 Å². The Morgan fingerprint density at radius 2 is 2.14 bits per heavy atom. The molecule has 21 heavy (non-hydrogen) atoms. The minimum Gasteiger partial charge on any atom is -0.477 e. The Morgan fingerprint density at radius 1 is 1.43 bits per heavy atom. The number of aromatic amines is 1. The second-order valence-electron chi connectivity index (χ2n) is 5.41. The van der Waals surface area contributed by atoms with Crippen molar-refractivity contribution in [1.29, 1.82) is 0 Å². The zero-order valence-corrected chi connectivity index (χ0v) is 12.7. The summed E-state index contributed by atoms with van der Waals surface area (Å²) in [6.07, 6.45) is 2.09. The van der Waals surface area contributed by atoms with E-state index in [1.165, 1.54) is 0 Å². The molecule has 0 aromatic carbocycles. The number of rotatable bonds is 5. The van der Waals surface area contributed by atoms with Crippen LogP contribution in [-0.4, -0.2) is 52.7 Å². The molecule has 1 saturated heterocycles. The number of carboxylic acids is 1. The van der Waals surface area contributed by atoms with Gasteiger partial charge in [-0.1, -0.05) is 0 Å². The highest BCUT2D eigenvalue weighted by molar-refractivity contribution is 6.00. The number of aromatic nitrogens is 1. The standard InChI is InChI=1S/C15H22N2O4/c1-4-17(8-11-6-5-7-21-11)14(18)12-9(2)13(15(19)20)16-10(12)3/h11,16H,4-8H2,1-3H3,(H,19,20). The molecule has 1 aromatic heterocycles. The van der Waals surface area contributed by atoms with Crippen LogP contribution in [0.1, 0.15) is 51.9 Å². The van der Waals surface area contributed by atoms with Crippen molar-refractivity contribution in [2.45, 2.75) is 39.7 Å². The van der Waals surface area contributed by atoms with Crippen molar-refractivity contribution >= 4 is 11.9 Å². The van der Waals surface area contributed by atoms with Crippen molar-refractivity contribution in [1.82, 2.24) is 9.88 Å². The van der Waals surface area contributed by atoms with Crippen molar-refractivity contribution in [2.24, 2.45) is 0 Å². The van der Waals surface area contributed by atoms with Gasteiger partial charge in [0.1, 0.15) is 5.69 Å². The quantitative estimate of drug-likeness (QED) is 0.869. The lowest BCUT2D eigenvalue weighted by molar-refractivity contribution is 0.0538. The Kier molecular flexibility index (Phi) is 4.67. The van der Waals surface area contributed by atoms with Crippen molar-refractivity contribution < 1.29 is 19.4 Å². The summed E-state index contributed by atoms with van der Waals surface area (Å²) in [5.74, 6) is -1.18. The average molecular weight is 294 g/mol. The topological polar surface area (TPSA) is 82.6 Å². The number of carbonyl (C=O) groups excluding carboxylic acids is 1. The molecule has 2 heterocycles. The summed E-state index contributed by atoms with van der Waals surface area (Å²) in [7, 11) is 0. The number of nitrogens with one attached hydrogen (secondary N) is 1. The largest absolute Gasteiger partial charge is 0.477 e. The van der Waals surface area contributed by atoms with E-state index in [2.05, 4.69) is 4.98 Å². The molecule has 0 radical (unpaired) electrons. The second-order valence-corrected chi connectivity index (χ2v) is 5.41. The molecular weight excluding hydrogens is 272 g/mol. The Bertz CT molecular complexity index is 544. The number of H-pyrrole nitrogens is 1. The van der Waals surface area contributed by atoms with E-state index >= 15 is 0 Å². The first-order valence-corrected chi connectivity index (χ1v) is 7.29. The molecule has 1 atom stereocenters. The summed E-state index contributed by atoms with van der Waals surface area (Å²) in [5.41, 5.74) is 1.65. The smallest absolute Gasteiger partial charge is 0.352 e. The van der Waals surface area contributed by atoms with Gasteiger partial charge in [0.05, 0.1) is 11.7 Å². The molecule has 1 aromatic rings. The first kappa shape index (κ1) is 15.6. The summed E-state index contributed by atoms with van der Waals surface area (Å²) in [6, 6.07) is 0. The van der Waals surface area contributed by atoms with Crippen molar-refractivity contribution in [3.8, 4) is 0 Å². The molecule has 1 unspecified atom stereocenters. The third-order valence-electron chi connectivity index (χ3n) is 3.98. The predicted molar refractivity (Wildman–Crippen MR) is 77.8 cm³/mol. The number of amides is 1. The lowest BCUT2D eigenvalue weighted by Crippen LogP contribution is -2.37. The number of nitrogens with zero attached hydrogens (tertiary/aromatic N) is 1. The van der Waals surface area contributed by atoms with Crippen LogP contribution in [0.15, 0.2) is 0 Å². The Hall–Kier alpha value is -1.82. The lowest BCUT2D eigenvalue weighted by atomic mass is 10.1. The van der Waals surface area contributed by atoms with Gasteiger partial charge in [0.25, 0.3) is 5.91 Å². The van der Waals surface area contributed by atoms with Crippen molar-refractivity contribution in [3.05, 3.63) is 22.5 Å². The molecule has 116 valence electrons. The van der Waals surface area contributed by atoms with Gasteiger partial charge >= 0.3 is 5.97 Å². The van der Waals surface area contributed by atoms with E-state index in [9.17, 15) is 9.59 Å². The fourth-order valence-electron chi connectivity index (χ4n) is 2.83. The van der Waals surface area contributed by atoms with Gasteiger partial charge < -0.3 is 19.7 Å². The SMILES string of the molecule is CCN(CC1CCCO1)C(=O)c1c(C)[nH]c(C(=O)O)c1C. The molecule has 1 amide bonds. The van der Waals surface area contributed by atoms with Crippen LogP contribution in [0.4, 0.5) is 0 Å². The van der Waals surface area contributed by atoms with Gasteiger partial charge in [-0.15, -0.1) is 0 Å². The highest BCUT2D eigenvalue weighted by Crippen LogP contribution is 2.21. The first-order valence-electron chi connectivity index (χ1n) is 7.29. The molecule has 0 bridgehead atoms. The van der Waals surface area contributed by atoms with E-state index in [1.807, 2.05) is 6.92 Å². The summed E-state index contributed by atoms with van der Waals surface area (Å²) in [5, 5.41) is 9.13. The maximum absolute atomic E-state index is 12.7. The van der Waals surface area contributed by atoms with Gasteiger partial charge in [-0.2, -0.15) is 0 Å². The fourth-order valence-corrected chi connectivity index (χ4v) is 2.83. The molecular formula is C15H22N2O4. The van der Waals surface area contributed by atoms with Crippen LogP contribution in [-0.2, 0) is 4.74 Å². The zero-order valence-electron chi connectivity index (χ0n) is 12.7. The second kappa shape index (κ2) is 6.30. The number of ether oxygens (including phenoxy) is 1. The fraction of sp³-hybridized carbons (Fsp3) is 0.600. The molecule has 2 N–H and O–H groups in total. The number of hydrogen-bond acceptors (Lipinski definition) is 3. The number of carboxylic acid groups (broad SMARTS) is 1. The van der Waals surface area contributed by atoms with Gasteiger partial charge in [0, 0.05) is 25.4 Å². The Balaban J connectivity index is 2.22. The van der Waals surface area contributed by atoms with Crippen LogP contribution in [0, 0.1) is 13.8 Å². The van der Waals surface area contributed by atoms with Crippen LogP contribution in [0.3, 0.4) is 0 Å². The normalized spacial score (nSPS) is 18.0. The molecule has 0 aliphatic carbocycles. The maximum Gasteiger partial charge on any atom is 0.352 e. The molecule has 6 heteroatoms. The van der Waals surface area contributed by atoms with E-state index < -0.39 is 5.97 Å². The van der Waals surface area contributed by atoms with Crippen LogP contribution in [0.5, 0.6) is 0 Å². The van der Waals surface area contributed by atoms with Crippen LogP contribution in [0.2, 0.25) is 0 Å². The highest BCUT2D eigenvalue weighted by Gasteiger charge is 2.27. The van der Waals surface area contributed by atoms with Gasteiger partial charge in [-0.3, -0.25) is 4.79 Å². The summed E-state index contributed by atoms with van der Waals surface area (Å²) >= 11 is 0. The summed E-state index contributed by atoms with van der Waals surface area (Å²) in [6.45, 7) is 7.20. The lowest BCUT2D eigenvalue weighted by Gasteiger charge is -2.24. The number of hydrogen-bond donors (Lipinski definition) is 2. The van der Waals surface area contributed by atoms with Crippen molar-refractivity contribution in [2.75, 3.05) is 19.7 Å². The summed E-state index contributed by atoms with van der Waals surface area (Å²) in [4.78, 5) is 28.4. The molecule has 1 fully saturated rings. The van der Waals surface area contributed by atoms with Gasteiger partial charge in [0.2, 0.25) is 0 Å². The molecule has 6 nitrogen and oxygen atoms in total. The minimum absolute atomic E-state index is 0.0871. The van der Waals surface area contributed by atoms with E-state index in [4.69, 9.17) is 9.84 Å². The molecule has 0 spiro atoms. The Morgan fingerprint density at radius 3 is 2.62 bits per heavy atom. The maximum atomic E-state index is 12.7. The predicted octanol–water partition coefficient (Wildman–Crippen LogP) is 1.97. The monoisotopic (exact) mass is 294 g/mol. The number of aromatic carboxylic acids is 1. The third kappa shape index (κ3) is 3.10. The van der Waals surface area contributed by atoms with Gasteiger partial charge in [-0.05, 0) is 39.2 Å². The number of carbonyl (C=O) groups is 2. The summed E-state index contributed by atoms with van der Waals surface area (Å²) < 4.78 is 5.58. The van der Waals surface area contributed by atoms with Crippen LogP contribution >= 0.6 is 0 Å². The molecule has 1 aliphatic rings. The van der Waals surface area contributed by atoms with Crippen molar-refractivity contribution in [3.63, 3.8) is 0 Å². The van der Waals surface area contributed by atoms with Crippen LogP contribution < -0.4 is 0 Å².